The molecule has 110 valence electrons. The van der Waals surface area contributed by atoms with Gasteiger partial charge in [0.1, 0.15) is 5.75 Å². The summed E-state index contributed by atoms with van der Waals surface area (Å²) in [6, 6.07) is 6.21. The fourth-order valence-electron chi connectivity index (χ4n) is 2.66. The molecule has 0 saturated carbocycles. The lowest BCUT2D eigenvalue weighted by Crippen LogP contribution is -2.29. The van der Waals surface area contributed by atoms with Gasteiger partial charge < -0.3 is 14.6 Å². The van der Waals surface area contributed by atoms with E-state index in [-0.39, 0.29) is 0 Å². The smallest absolute Gasteiger partial charge is 0.119 e. The quantitative estimate of drug-likeness (QED) is 0.834. The first-order chi connectivity index (χ1) is 9.63. The van der Waals surface area contributed by atoms with Crippen LogP contribution in [0.15, 0.2) is 24.4 Å². The van der Waals surface area contributed by atoms with Crippen LogP contribution >= 0.6 is 0 Å². The van der Waals surface area contributed by atoms with E-state index in [0.717, 1.165) is 31.2 Å². The Bertz CT molecular complexity index is 545. The zero-order valence-electron chi connectivity index (χ0n) is 13.1. The first kappa shape index (κ1) is 14.9. The van der Waals surface area contributed by atoms with E-state index in [1.807, 2.05) is 6.07 Å². The van der Waals surface area contributed by atoms with Gasteiger partial charge in [-0.25, -0.2) is 0 Å². The fourth-order valence-corrected chi connectivity index (χ4v) is 2.66. The monoisotopic (exact) mass is 274 g/mol. The molecule has 1 aromatic heterocycles. The van der Waals surface area contributed by atoms with Crippen LogP contribution in [-0.2, 0) is 6.42 Å². The second-order valence-corrected chi connectivity index (χ2v) is 5.76. The number of hydrogen-bond acceptors (Lipinski definition) is 2. The normalized spacial score (nSPS) is 11.7. The van der Waals surface area contributed by atoms with Crippen LogP contribution in [-0.4, -0.2) is 36.6 Å². The molecule has 1 heterocycles. The Balaban J connectivity index is 2.09. The minimum absolute atomic E-state index is 0.720. The number of nitrogens with one attached hydrogen (secondary N) is 1. The van der Waals surface area contributed by atoms with Gasteiger partial charge in [-0.05, 0) is 42.6 Å². The predicted molar refractivity (Wildman–Crippen MR) is 85.5 cm³/mol. The van der Waals surface area contributed by atoms with Gasteiger partial charge in [-0.1, -0.05) is 20.8 Å². The second kappa shape index (κ2) is 6.80. The third-order valence-electron chi connectivity index (χ3n) is 3.74. The number of benzene rings is 1. The largest absolute Gasteiger partial charge is 0.497 e. The standard InChI is InChI=1S/C17H26N2O/c1-5-19(12-13(2)3)9-8-14-11-18-17-7-6-15(20-4)10-16(14)17/h6-7,10-11,13,18H,5,8-9,12H2,1-4H3. The molecule has 0 spiro atoms. The summed E-state index contributed by atoms with van der Waals surface area (Å²) in [6.07, 6.45) is 3.21. The van der Waals surface area contributed by atoms with E-state index in [1.165, 1.54) is 23.0 Å². The number of aromatic amines is 1. The molecule has 0 atom stereocenters. The molecule has 0 bridgehead atoms. The molecule has 0 saturated heterocycles. The van der Waals surface area contributed by atoms with Crippen molar-refractivity contribution in [3.05, 3.63) is 30.0 Å². The van der Waals surface area contributed by atoms with Gasteiger partial charge in [0.2, 0.25) is 0 Å². The molecule has 1 N–H and O–H groups in total. The Hall–Kier alpha value is -1.48. The highest BCUT2D eigenvalue weighted by atomic mass is 16.5. The molecule has 1 aromatic carbocycles. The van der Waals surface area contributed by atoms with Crippen LogP contribution < -0.4 is 4.74 Å². The molecule has 0 aliphatic heterocycles. The van der Waals surface area contributed by atoms with E-state index in [4.69, 9.17) is 4.74 Å². The number of rotatable bonds is 7. The van der Waals surface area contributed by atoms with Crippen molar-refractivity contribution in [1.29, 1.82) is 0 Å². The number of fused-ring (bicyclic) bond motifs is 1. The maximum Gasteiger partial charge on any atom is 0.119 e. The summed E-state index contributed by atoms with van der Waals surface area (Å²) in [7, 11) is 1.72. The number of H-pyrrole nitrogens is 1. The lowest BCUT2D eigenvalue weighted by molar-refractivity contribution is 0.259. The third-order valence-corrected chi connectivity index (χ3v) is 3.74. The van der Waals surface area contributed by atoms with E-state index in [0.29, 0.717) is 0 Å². The highest BCUT2D eigenvalue weighted by molar-refractivity contribution is 5.84. The fraction of sp³-hybridized carbons (Fsp3) is 0.529. The molecule has 0 unspecified atom stereocenters. The van der Waals surface area contributed by atoms with Crippen molar-refractivity contribution in [3.63, 3.8) is 0 Å². The first-order valence-corrected chi connectivity index (χ1v) is 7.50. The van der Waals surface area contributed by atoms with Crippen LogP contribution in [0.5, 0.6) is 5.75 Å². The number of hydrogen-bond donors (Lipinski definition) is 1. The molecule has 0 aliphatic carbocycles. The van der Waals surface area contributed by atoms with E-state index in [9.17, 15) is 0 Å². The highest BCUT2D eigenvalue weighted by Gasteiger charge is 2.09. The maximum absolute atomic E-state index is 5.32. The summed E-state index contributed by atoms with van der Waals surface area (Å²) >= 11 is 0. The average molecular weight is 274 g/mol. The number of ether oxygens (including phenoxy) is 1. The SMILES string of the molecule is CCN(CCc1c[nH]c2ccc(OC)cc12)CC(C)C. The molecular formula is C17H26N2O. The summed E-state index contributed by atoms with van der Waals surface area (Å²) in [5.41, 5.74) is 2.56. The third kappa shape index (κ3) is 3.54. The van der Waals surface area contributed by atoms with Crippen molar-refractivity contribution in [1.82, 2.24) is 9.88 Å². The van der Waals surface area contributed by atoms with Gasteiger partial charge in [-0.2, -0.15) is 0 Å². The summed E-state index contributed by atoms with van der Waals surface area (Å²) in [6.45, 7) is 10.2. The van der Waals surface area contributed by atoms with E-state index in [2.05, 4.69) is 49.0 Å². The predicted octanol–water partition coefficient (Wildman–Crippen LogP) is 3.70. The van der Waals surface area contributed by atoms with Crippen molar-refractivity contribution in [2.45, 2.75) is 27.2 Å². The zero-order valence-corrected chi connectivity index (χ0v) is 13.1. The average Bonchev–Trinajstić information content (AvgIpc) is 2.85. The Morgan fingerprint density at radius 1 is 1.30 bits per heavy atom. The highest BCUT2D eigenvalue weighted by Crippen LogP contribution is 2.24. The van der Waals surface area contributed by atoms with Crippen molar-refractivity contribution in [3.8, 4) is 5.75 Å². The van der Waals surface area contributed by atoms with Crippen LogP contribution in [0.3, 0.4) is 0 Å². The van der Waals surface area contributed by atoms with Gasteiger partial charge in [0.25, 0.3) is 0 Å². The molecule has 0 fully saturated rings. The maximum atomic E-state index is 5.32. The number of aromatic nitrogens is 1. The Morgan fingerprint density at radius 2 is 2.10 bits per heavy atom. The summed E-state index contributed by atoms with van der Waals surface area (Å²) in [5, 5.41) is 1.28. The Labute approximate surface area is 121 Å². The first-order valence-electron chi connectivity index (χ1n) is 7.50. The molecule has 20 heavy (non-hydrogen) atoms. The van der Waals surface area contributed by atoms with E-state index in [1.54, 1.807) is 7.11 Å². The van der Waals surface area contributed by atoms with E-state index >= 15 is 0 Å². The van der Waals surface area contributed by atoms with Gasteiger partial charge in [0, 0.05) is 30.2 Å². The molecule has 2 aromatic rings. The van der Waals surface area contributed by atoms with Crippen molar-refractivity contribution in [2.75, 3.05) is 26.7 Å². The molecule has 3 nitrogen and oxygen atoms in total. The Morgan fingerprint density at radius 3 is 2.75 bits per heavy atom. The van der Waals surface area contributed by atoms with Crippen molar-refractivity contribution < 1.29 is 4.74 Å². The molecule has 0 amide bonds. The second-order valence-electron chi connectivity index (χ2n) is 5.76. The summed E-state index contributed by atoms with van der Waals surface area (Å²) < 4.78 is 5.32. The minimum Gasteiger partial charge on any atom is -0.497 e. The molecular weight excluding hydrogens is 248 g/mol. The number of likely N-dealkylation sites (N-methyl/N-ethyl adjacent to an activating group) is 1. The van der Waals surface area contributed by atoms with E-state index < -0.39 is 0 Å². The molecule has 0 radical (unpaired) electrons. The Kier molecular flexibility index (Phi) is 5.07. The summed E-state index contributed by atoms with van der Waals surface area (Å²) in [5.74, 6) is 1.64. The molecule has 2 rings (SSSR count). The lowest BCUT2D eigenvalue weighted by Gasteiger charge is -2.22. The van der Waals surface area contributed by atoms with Crippen LogP contribution in [0.1, 0.15) is 26.3 Å². The van der Waals surface area contributed by atoms with Crippen molar-refractivity contribution in [2.24, 2.45) is 5.92 Å². The molecule has 3 heteroatoms. The van der Waals surface area contributed by atoms with Gasteiger partial charge >= 0.3 is 0 Å². The summed E-state index contributed by atoms with van der Waals surface area (Å²) in [4.78, 5) is 5.87. The minimum atomic E-state index is 0.720. The van der Waals surface area contributed by atoms with Crippen LogP contribution in [0.2, 0.25) is 0 Å². The van der Waals surface area contributed by atoms with Crippen LogP contribution in [0.25, 0.3) is 10.9 Å². The molecule has 0 aliphatic rings. The van der Waals surface area contributed by atoms with Gasteiger partial charge in [0.05, 0.1) is 7.11 Å². The zero-order chi connectivity index (χ0) is 14.5. The van der Waals surface area contributed by atoms with Crippen LogP contribution in [0.4, 0.5) is 0 Å². The lowest BCUT2D eigenvalue weighted by atomic mass is 10.1. The van der Waals surface area contributed by atoms with Crippen LogP contribution in [0, 0.1) is 5.92 Å². The number of nitrogens with zero attached hydrogens (tertiary/aromatic N) is 1. The number of methoxy groups -OCH3 is 1. The van der Waals surface area contributed by atoms with Gasteiger partial charge in [-0.15, -0.1) is 0 Å². The van der Waals surface area contributed by atoms with Gasteiger partial charge in [0.15, 0.2) is 0 Å². The van der Waals surface area contributed by atoms with Gasteiger partial charge in [-0.3, -0.25) is 0 Å². The topological polar surface area (TPSA) is 28.3 Å². The van der Waals surface area contributed by atoms with Crippen molar-refractivity contribution >= 4 is 10.9 Å².